The molecule has 1 aliphatic rings. The molecule has 2 aromatic carbocycles. The van der Waals surface area contributed by atoms with Gasteiger partial charge in [0, 0.05) is 37.4 Å². The molecule has 1 aliphatic heterocycles. The highest BCUT2D eigenvalue weighted by Gasteiger charge is 2.28. The van der Waals surface area contributed by atoms with Gasteiger partial charge in [-0.2, -0.15) is 0 Å². The zero-order chi connectivity index (χ0) is 22.5. The lowest BCUT2D eigenvalue weighted by Crippen LogP contribution is -2.50. The number of nitrogens with one attached hydrogen (secondary N) is 2. The highest BCUT2D eigenvalue weighted by atomic mass is 19.1. The molecule has 1 unspecified atom stereocenters. The Balaban J connectivity index is 1.34. The predicted molar refractivity (Wildman–Crippen MR) is 120 cm³/mol. The number of rotatable bonds is 5. The number of halogens is 1. The van der Waals surface area contributed by atoms with Gasteiger partial charge in [-0.05, 0) is 49.6 Å². The van der Waals surface area contributed by atoms with Crippen molar-refractivity contribution in [3.63, 3.8) is 0 Å². The summed E-state index contributed by atoms with van der Waals surface area (Å²) in [7, 11) is 0. The van der Waals surface area contributed by atoms with E-state index in [1.165, 1.54) is 17.7 Å². The Kier molecular flexibility index (Phi) is 6.61. The maximum absolute atomic E-state index is 13.2. The molecule has 2 N–H and O–H groups in total. The molecule has 1 atom stereocenters. The highest BCUT2D eigenvalue weighted by molar-refractivity contribution is 6.39. The van der Waals surface area contributed by atoms with Crippen molar-refractivity contribution < 1.29 is 14.0 Å². The number of hydrogen-bond acceptors (Lipinski definition) is 4. The lowest BCUT2D eigenvalue weighted by molar-refractivity contribution is -0.144. The Bertz CT molecular complexity index is 1080. The summed E-state index contributed by atoms with van der Waals surface area (Å²) < 4.78 is 14.8. The van der Waals surface area contributed by atoms with Gasteiger partial charge < -0.3 is 15.5 Å². The molecule has 32 heavy (non-hydrogen) atoms. The fourth-order valence-corrected chi connectivity index (χ4v) is 3.88. The topological polar surface area (TPSA) is 79.3 Å². The second-order valence-electron chi connectivity index (χ2n) is 7.97. The van der Waals surface area contributed by atoms with E-state index in [1.807, 2.05) is 25.1 Å². The van der Waals surface area contributed by atoms with E-state index in [2.05, 4.69) is 27.9 Å². The van der Waals surface area contributed by atoms with Crippen LogP contribution in [-0.2, 0) is 16.1 Å². The third-order valence-electron chi connectivity index (χ3n) is 5.54. The Labute approximate surface area is 186 Å². The number of likely N-dealkylation sites (tertiary alicyclic amines) is 1. The standard InChI is InChI=1S/C24H26FN5O2/c1-17-14-22(28-30(17)21-11-9-19(25)10-12-21)27-23(31)24(32)29-13-5-8-20(16-29)26-15-18-6-3-2-4-7-18/h2-4,6-7,9-12,14,20,26H,5,8,13,15-16H2,1H3,(H,27,28,31). The summed E-state index contributed by atoms with van der Waals surface area (Å²) in [4.78, 5) is 26.9. The molecule has 166 valence electrons. The van der Waals surface area contributed by atoms with E-state index in [0.717, 1.165) is 25.1 Å². The second kappa shape index (κ2) is 9.74. The Morgan fingerprint density at radius 1 is 1.12 bits per heavy atom. The Hall–Kier alpha value is -3.52. The molecule has 0 spiro atoms. The van der Waals surface area contributed by atoms with Crippen LogP contribution in [0.1, 0.15) is 24.1 Å². The minimum Gasteiger partial charge on any atom is -0.333 e. The first-order valence-electron chi connectivity index (χ1n) is 10.7. The summed E-state index contributed by atoms with van der Waals surface area (Å²) in [5.41, 5.74) is 2.60. The van der Waals surface area contributed by atoms with Crippen LogP contribution in [0, 0.1) is 12.7 Å². The molecule has 0 bridgehead atoms. The van der Waals surface area contributed by atoms with E-state index in [1.54, 1.807) is 27.8 Å². The quantitative estimate of drug-likeness (QED) is 0.604. The van der Waals surface area contributed by atoms with E-state index < -0.39 is 11.8 Å². The maximum Gasteiger partial charge on any atom is 0.315 e. The molecule has 8 heteroatoms. The fourth-order valence-electron chi connectivity index (χ4n) is 3.88. The van der Waals surface area contributed by atoms with E-state index >= 15 is 0 Å². The van der Waals surface area contributed by atoms with Gasteiger partial charge in [0.25, 0.3) is 0 Å². The van der Waals surface area contributed by atoms with Crippen LogP contribution in [0.3, 0.4) is 0 Å². The number of benzene rings is 2. The molecule has 4 rings (SSSR count). The molecular formula is C24H26FN5O2. The van der Waals surface area contributed by atoms with Crippen molar-refractivity contribution >= 4 is 17.6 Å². The largest absolute Gasteiger partial charge is 0.333 e. The summed E-state index contributed by atoms with van der Waals surface area (Å²) in [6.45, 7) is 3.59. The van der Waals surface area contributed by atoms with Crippen molar-refractivity contribution in [1.29, 1.82) is 0 Å². The Morgan fingerprint density at radius 2 is 1.88 bits per heavy atom. The molecule has 3 aromatic rings. The van der Waals surface area contributed by atoms with E-state index in [-0.39, 0.29) is 17.7 Å². The molecule has 0 saturated carbocycles. The van der Waals surface area contributed by atoms with Crippen molar-refractivity contribution in [1.82, 2.24) is 20.0 Å². The normalized spacial score (nSPS) is 16.1. The molecule has 1 aromatic heterocycles. The van der Waals surface area contributed by atoms with Crippen molar-refractivity contribution in [3.8, 4) is 5.69 Å². The molecular weight excluding hydrogens is 409 g/mol. The van der Waals surface area contributed by atoms with Crippen LogP contribution in [0.5, 0.6) is 0 Å². The van der Waals surface area contributed by atoms with E-state index in [4.69, 9.17) is 0 Å². The Morgan fingerprint density at radius 3 is 2.62 bits per heavy atom. The van der Waals surface area contributed by atoms with Crippen LogP contribution in [0.4, 0.5) is 10.2 Å². The molecule has 0 radical (unpaired) electrons. The molecule has 2 heterocycles. The summed E-state index contributed by atoms with van der Waals surface area (Å²) in [6.07, 6.45) is 1.79. The number of amides is 2. The van der Waals surface area contributed by atoms with Crippen LogP contribution in [0.2, 0.25) is 0 Å². The molecule has 1 fully saturated rings. The minimum absolute atomic E-state index is 0.139. The minimum atomic E-state index is -0.711. The SMILES string of the molecule is Cc1cc(NC(=O)C(=O)N2CCCC(NCc3ccccc3)C2)nn1-c1ccc(F)cc1. The van der Waals surface area contributed by atoms with Crippen LogP contribution in [-0.4, -0.2) is 45.6 Å². The number of hydrogen-bond donors (Lipinski definition) is 2. The van der Waals surface area contributed by atoms with Crippen molar-refractivity contribution in [2.24, 2.45) is 0 Å². The van der Waals surface area contributed by atoms with Gasteiger partial charge in [0.15, 0.2) is 5.82 Å². The number of carbonyl (C=O) groups excluding carboxylic acids is 2. The summed E-state index contributed by atoms with van der Waals surface area (Å²) >= 11 is 0. The monoisotopic (exact) mass is 435 g/mol. The predicted octanol–water partition coefficient (Wildman–Crippen LogP) is 3.04. The van der Waals surface area contributed by atoms with Gasteiger partial charge >= 0.3 is 11.8 Å². The second-order valence-corrected chi connectivity index (χ2v) is 7.97. The van der Waals surface area contributed by atoms with Crippen LogP contribution >= 0.6 is 0 Å². The highest BCUT2D eigenvalue weighted by Crippen LogP contribution is 2.16. The first-order chi connectivity index (χ1) is 15.5. The van der Waals surface area contributed by atoms with E-state index in [9.17, 15) is 14.0 Å². The number of nitrogens with zero attached hydrogens (tertiary/aromatic N) is 3. The summed E-state index contributed by atoms with van der Waals surface area (Å²) in [6, 6.07) is 17.8. The third-order valence-corrected chi connectivity index (χ3v) is 5.54. The number of carbonyl (C=O) groups is 2. The van der Waals surface area contributed by atoms with Gasteiger partial charge in [-0.3, -0.25) is 9.59 Å². The third kappa shape index (κ3) is 5.20. The van der Waals surface area contributed by atoms with Crippen LogP contribution in [0.15, 0.2) is 60.7 Å². The van der Waals surface area contributed by atoms with Crippen molar-refractivity contribution in [3.05, 3.63) is 77.7 Å². The first kappa shape index (κ1) is 21.7. The molecule has 0 aliphatic carbocycles. The lowest BCUT2D eigenvalue weighted by Gasteiger charge is -2.32. The molecule has 7 nitrogen and oxygen atoms in total. The number of aromatic nitrogens is 2. The zero-order valence-corrected chi connectivity index (χ0v) is 17.9. The maximum atomic E-state index is 13.2. The van der Waals surface area contributed by atoms with Crippen molar-refractivity contribution in [2.75, 3.05) is 18.4 Å². The summed E-state index contributed by atoms with van der Waals surface area (Å²) in [5, 5.41) is 10.4. The fraction of sp³-hybridized carbons (Fsp3) is 0.292. The zero-order valence-electron chi connectivity index (χ0n) is 17.9. The van der Waals surface area contributed by atoms with E-state index in [0.29, 0.717) is 18.8 Å². The molecule has 1 saturated heterocycles. The first-order valence-corrected chi connectivity index (χ1v) is 10.7. The van der Waals surface area contributed by atoms with Gasteiger partial charge in [-0.1, -0.05) is 30.3 Å². The lowest BCUT2D eigenvalue weighted by atomic mass is 10.0. The average molecular weight is 436 g/mol. The smallest absolute Gasteiger partial charge is 0.315 e. The van der Waals surface area contributed by atoms with Crippen LogP contribution in [0.25, 0.3) is 5.69 Å². The van der Waals surface area contributed by atoms with Crippen LogP contribution < -0.4 is 10.6 Å². The van der Waals surface area contributed by atoms with Gasteiger partial charge in [0.1, 0.15) is 5.82 Å². The van der Waals surface area contributed by atoms with Gasteiger partial charge in [-0.15, -0.1) is 5.10 Å². The summed E-state index contributed by atoms with van der Waals surface area (Å²) in [5.74, 6) is -1.33. The van der Waals surface area contributed by atoms with Gasteiger partial charge in [0.2, 0.25) is 0 Å². The average Bonchev–Trinajstić information content (AvgIpc) is 3.18. The van der Waals surface area contributed by atoms with Crippen molar-refractivity contribution in [2.45, 2.75) is 32.4 Å². The van der Waals surface area contributed by atoms with Gasteiger partial charge in [0.05, 0.1) is 5.69 Å². The number of piperidine rings is 1. The number of anilines is 1. The number of aryl methyl sites for hydroxylation is 1. The molecule has 2 amide bonds. The van der Waals surface area contributed by atoms with Gasteiger partial charge in [-0.25, -0.2) is 9.07 Å².